The summed E-state index contributed by atoms with van der Waals surface area (Å²) in [4.78, 5) is 11.0. The highest BCUT2D eigenvalue weighted by atomic mass is 16.7. The van der Waals surface area contributed by atoms with E-state index < -0.39 is 11.8 Å². The Morgan fingerprint density at radius 2 is 1.33 bits per heavy atom. The second kappa shape index (κ2) is 10.2. The Labute approximate surface area is 112 Å². The van der Waals surface area contributed by atoms with E-state index in [9.17, 15) is 4.79 Å². The fourth-order valence-electron chi connectivity index (χ4n) is 2.41. The van der Waals surface area contributed by atoms with E-state index in [0.29, 0.717) is 0 Å². The lowest BCUT2D eigenvalue weighted by molar-refractivity contribution is -0.0391. The molecule has 0 rings (SSSR count). The van der Waals surface area contributed by atoms with Gasteiger partial charge in [0.1, 0.15) is 5.60 Å². The van der Waals surface area contributed by atoms with Crippen molar-refractivity contribution in [2.24, 2.45) is 0 Å². The molecule has 0 spiro atoms. The molecule has 1 N–H and O–H groups in total. The van der Waals surface area contributed by atoms with Gasteiger partial charge in [0.2, 0.25) is 0 Å². The molecule has 0 aliphatic rings. The molecule has 0 bridgehead atoms. The molecule has 0 radical (unpaired) electrons. The molecule has 0 aromatic heterocycles. The summed E-state index contributed by atoms with van der Waals surface area (Å²) in [6.07, 6.45) is 9.16. The molecule has 0 aromatic carbocycles. The normalized spacial score (nSPS) is 11.5. The summed E-state index contributed by atoms with van der Waals surface area (Å²) >= 11 is 0. The van der Waals surface area contributed by atoms with Gasteiger partial charge in [-0.3, -0.25) is 0 Å². The molecule has 0 aliphatic carbocycles. The summed E-state index contributed by atoms with van der Waals surface area (Å²) in [5, 5.41) is 8.98. The van der Waals surface area contributed by atoms with Gasteiger partial charge < -0.3 is 9.84 Å². The zero-order chi connectivity index (χ0) is 13.9. The molecule has 0 aliphatic heterocycles. The van der Waals surface area contributed by atoms with Crippen LogP contribution in [0.2, 0.25) is 0 Å². The van der Waals surface area contributed by atoms with Crippen molar-refractivity contribution in [1.29, 1.82) is 0 Å². The summed E-state index contributed by atoms with van der Waals surface area (Å²) in [5.41, 5.74) is -0.424. The third-order valence-electron chi connectivity index (χ3n) is 3.51. The highest BCUT2D eigenvalue weighted by Crippen LogP contribution is 2.32. The maximum atomic E-state index is 11.0. The van der Waals surface area contributed by atoms with Crippen molar-refractivity contribution < 1.29 is 14.6 Å². The van der Waals surface area contributed by atoms with Crippen LogP contribution in [0, 0.1) is 0 Å². The minimum absolute atomic E-state index is 0.424. The zero-order valence-electron chi connectivity index (χ0n) is 12.3. The van der Waals surface area contributed by atoms with Crippen LogP contribution in [0.15, 0.2) is 0 Å². The maximum Gasteiger partial charge on any atom is 0.506 e. The smallest absolute Gasteiger partial charge is 0.450 e. The number of hydrogen-bond donors (Lipinski definition) is 1. The van der Waals surface area contributed by atoms with Crippen LogP contribution in [0.1, 0.15) is 85.0 Å². The predicted molar refractivity (Wildman–Crippen MR) is 75.0 cm³/mol. The zero-order valence-corrected chi connectivity index (χ0v) is 12.3. The van der Waals surface area contributed by atoms with Crippen molar-refractivity contribution in [2.45, 2.75) is 90.6 Å². The fourth-order valence-corrected chi connectivity index (χ4v) is 2.41. The van der Waals surface area contributed by atoms with Gasteiger partial charge >= 0.3 is 6.16 Å². The molecule has 108 valence electrons. The van der Waals surface area contributed by atoms with Gasteiger partial charge in [-0.25, -0.2) is 4.79 Å². The van der Waals surface area contributed by atoms with E-state index in [-0.39, 0.29) is 0 Å². The average molecular weight is 258 g/mol. The molecule has 0 saturated heterocycles. The number of carboxylic acid groups (broad SMARTS) is 1. The van der Waals surface area contributed by atoms with Crippen LogP contribution in [0.25, 0.3) is 0 Å². The van der Waals surface area contributed by atoms with E-state index in [4.69, 9.17) is 9.84 Å². The molecule has 0 aromatic rings. The molecular weight excluding hydrogens is 228 g/mol. The van der Waals surface area contributed by atoms with Gasteiger partial charge in [0.05, 0.1) is 0 Å². The first-order chi connectivity index (χ1) is 8.60. The van der Waals surface area contributed by atoms with E-state index in [2.05, 4.69) is 20.8 Å². The lowest BCUT2D eigenvalue weighted by Crippen LogP contribution is -2.35. The van der Waals surface area contributed by atoms with Crippen molar-refractivity contribution in [2.75, 3.05) is 0 Å². The largest absolute Gasteiger partial charge is 0.506 e. The lowest BCUT2D eigenvalue weighted by atomic mass is 9.85. The SMILES string of the molecule is CCCCCC(CCCC)(CCCC)OC(=O)O. The lowest BCUT2D eigenvalue weighted by Gasteiger charge is -2.32. The topological polar surface area (TPSA) is 46.5 Å². The van der Waals surface area contributed by atoms with E-state index in [1.54, 1.807) is 0 Å². The van der Waals surface area contributed by atoms with E-state index in [1.165, 1.54) is 0 Å². The first-order valence-corrected chi connectivity index (χ1v) is 7.52. The van der Waals surface area contributed by atoms with Crippen LogP contribution in [0.5, 0.6) is 0 Å². The first-order valence-electron chi connectivity index (χ1n) is 7.52. The quantitative estimate of drug-likeness (QED) is 0.399. The minimum atomic E-state index is -1.11. The van der Waals surface area contributed by atoms with Crippen LogP contribution in [0.3, 0.4) is 0 Å². The number of unbranched alkanes of at least 4 members (excludes halogenated alkanes) is 4. The number of rotatable bonds is 11. The first kappa shape index (κ1) is 17.3. The van der Waals surface area contributed by atoms with Crippen LogP contribution in [-0.4, -0.2) is 16.9 Å². The standard InChI is InChI=1S/C15H30O3/c1-4-7-10-13-15(11-8-5-2,12-9-6-3)18-14(16)17/h4-13H2,1-3H3,(H,16,17). The van der Waals surface area contributed by atoms with Crippen molar-refractivity contribution in [1.82, 2.24) is 0 Å². The summed E-state index contributed by atoms with van der Waals surface area (Å²) < 4.78 is 5.31. The molecule has 0 heterocycles. The average Bonchev–Trinajstić information content (AvgIpc) is 2.33. The second-order valence-electron chi connectivity index (χ2n) is 5.22. The summed E-state index contributed by atoms with van der Waals surface area (Å²) in [7, 11) is 0. The van der Waals surface area contributed by atoms with Crippen molar-refractivity contribution >= 4 is 6.16 Å². The predicted octanol–water partition coefficient (Wildman–Crippen LogP) is 5.38. The van der Waals surface area contributed by atoms with Gasteiger partial charge in [-0.1, -0.05) is 46.5 Å². The Hall–Kier alpha value is -0.730. The monoisotopic (exact) mass is 258 g/mol. The summed E-state index contributed by atoms with van der Waals surface area (Å²) in [6.45, 7) is 6.44. The van der Waals surface area contributed by atoms with Crippen molar-refractivity contribution in [3.63, 3.8) is 0 Å². The van der Waals surface area contributed by atoms with Gasteiger partial charge in [-0.05, 0) is 38.5 Å². The van der Waals surface area contributed by atoms with Gasteiger partial charge in [-0.2, -0.15) is 0 Å². The molecule has 0 atom stereocenters. The van der Waals surface area contributed by atoms with Gasteiger partial charge in [0.25, 0.3) is 0 Å². The third-order valence-corrected chi connectivity index (χ3v) is 3.51. The molecule has 3 heteroatoms. The van der Waals surface area contributed by atoms with E-state index in [1.807, 2.05) is 0 Å². The highest BCUT2D eigenvalue weighted by Gasteiger charge is 2.32. The molecule has 0 amide bonds. The van der Waals surface area contributed by atoms with Gasteiger partial charge in [-0.15, -0.1) is 0 Å². The Bertz CT molecular complexity index is 206. The molecule has 0 fully saturated rings. The number of carbonyl (C=O) groups is 1. The molecule has 0 saturated carbocycles. The van der Waals surface area contributed by atoms with Crippen molar-refractivity contribution in [3.8, 4) is 0 Å². The minimum Gasteiger partial charge on any atom is -0.450 e. The molecule has 0 unspecified atom stereocenters. The molecular formula is C15H30O3. The number of hydrogen-bond acceptors (Lipinski definition) is 2. The Morgan fingerprint density at radius 3 is 1.72 bits per heavy atom. The summed E-state index contributed by atoms with van der Waals surface area (Å²) in [5.74, 6) is 0. The van der Waals surface area contributed by atoms with Crippen molar-refractivity contribution in [3.05, 3.63) is 0 Å². The Kier molecular flexibility index (Phi) is 9.80. The van der Waals surface area contributed by atoms with Gasteiger partial charge in [0, 0.05) is 0 Å². The maximum absolute atomic E-state index is 11.0. The van der Waals surface area contributed by atoms with Crippen LogP contribution >= 0.6 is 0 Å². The van der Waals surface area contributed by atoms with Crippen LogP contribution < -0.4 is 0 Å². The third kappa shape index (κ3) is 7.57. The summed E-state index contributed by atoms with van der Waals surface area (Å²) in [6, 6.07) is 0. The molecule has 3 nitrogen and oxygen atoms in total. The second-order valence-corrected chi connectivity index (χ2v) is 5.22. The molecule has 18 heavy (non-hydrogen) atoms. The number of ether oxygens (including phenoxy) is 1. The van der Waals surface area contributed by atoms with Crippen LogP contribution in [0.4, 0.5) is 4.79 Å². The Balaban J connectivity index is 4.56. The van der Waals surface area contributed by atoms with E-state index >= 15 is 0 Å². The Morgan fingerprint density at radius 1 is 0.889 bits per heavy atom. The fraction of sp³-hybridized carbons (Fsp3) is 0.933. The van der Waals surface area contributed by atoms with Gasteiger partial charge in [0.15, 0.2) is 0 Å². The van der Waals surface area contributed by atoms with Crippen LogP contribution in [-0.2, 0) is 4.74 Å². The van der Waals surface area contributed by atoms with E-state index in [0.717, 1.165) is 64.2 Å². The highest BCUT2D eigenvalue weighted by molar-refractivity contribution is 5.57.